The summed E-state index contributed by atoms with van der Waals surface area (Å²) in [5, 5.41) is 10.2. The van der Waals surface area contributed by atoms with E-state index in [0.717, 1.165) is 17.9 Å². The van der Waals surface area contributed by atoms with Crippen LogP contribution >= 0.6 is 0 Å². The van der Waals surface area contributed by atoms with Crippen LogP contribution in [-0.2, 0) is 6.54 Å². The maximum absolute atomic E-state index is 10.2. The molecule has 1 N–H and O–H groups in total. The fourth-order valence-corrected chi connectivity index (χ4v) is 2.31. The number of likely N-dealkylation sites (N-methyl/N-ethyl adjacent to an activating group) is 1. The summed E-state index contributed by atoms with van der Waals surface area (Å²) in [5.74, 6) is 0.897. The Morgan fingerprint density at radius 3 is 2.33 bits per heavy atom. The van der Waals surface area contributed by atoms with Crippen molar-refractivity contribution in [3.05, 3.63) is 65.7 Å². The van der Waals surface area contributed by atoms with Crippen LogP contribution in [0.25, 0.3) is 0 Å². The van der Waals surface area contributed by atoms with Crippen molar-refractivity contribution in [2.45, 2.75) is 19.6 Å². The molecule has 1 atom stereocenters. The Bertz CT molecular complexity index is 525. The van der Waals surface area contributed by atoms with Crippen molar-refractivity contribution >= 4 is 0 Å². The molecular weight excluding hydrogens is 262 g/mol. The molecule has 0 amide bonds. The molecule has 0 aromatic heterocycles. The van der Waals surface area contributed by atoms with E-state index in [1.54, 1.807) is 0 Å². The summed E-state index contributed by atoms with van der Waals surface area (Å²) in [7, 11) is 2.02. The normalized spacial score (nSPS) is 12.4. The van der Waals surface area contributed by atoms with Gasteiger partial charge in [0.15, 0.2) is 0 Å². The molecule has 21 heavy (non-hydrogen) atoms. The Labute approximate surface area is 126 Å². The van der Waals surface area contributed by atoms with Gasteiger partial charge in [-0.15, -0.1) is 0 Å². The first-order valence-electron chi connectivity index (χ1n) is 7.32. The van der Waals surface area contributed by atoms with Gasteiger partial charge >= 0.3 is 0 Å². The lowest BCUT2D eigenvalue weighted by molar-refractivity contribution is 0.124. The predicted octanol–water partition coefficient (Wildman–Crippen LogP) is 3.25. The van der Waals surface area contributed by atoms with Gasteiger partial charge in [0.25, 0.3) is 0 Å². The Morgan fingerprint density at radius 1 is 1.05 bits per heavy atom. The molecule has 0 fully saturated rings. The summed E-state index contributed by atoms with van der Waals surface area (Å²) in [6.07, 6.45) is -0.459. The van der Waals surface area contributed by atoms with E-state index in [2.05, 4.69) is 17.0 Å². The van der Waals surface area contributed by atoms with E-state index >= 15 is 0 Å². The Balaban J connectivity index is 1.87. The number of nitrogens with zero attached hydrogens (tertiary/aromatic N) is 1. The third-order valence-electron chi connectivity index (χ3n) is 3.36. The lowest BCUT2D eigenvalue weighted by Gasteiger charge is -2.21. The number of hydrogen-bond donors (Lipinski definition) is 1. The maximum Gasteiger partial charge on any atom is 0.119 e. The summed E-state index contributed by atoms with van der Waals surface area (Å²) in [5.41, 5.74) is 2.16. The van der Waals surface area contributed by atoms with Crippen LogP contribution in [0.5, 0.6) is 5.75 Å². The molecule has 3 nitrogen and oxygen atoms in total. The van der Waals surface area contributed by atoms with Crippen LogP contribution in [0.4, 0.5) is 0 Å². The number of rotatable bonds is 7. The molecular formula is C18H23NO2. The van der Waals surface area contributed by atoms with Crippen LogP contribution < -0.4 is 4.74 Å². The van der Waals surface area contributed by atoms with Gasteiger partial charge in [-0.2, -0.15) is 0 Å². The molecule has 0 aliphatic heterocycles. The highest BCUT2D eigenvalue weighted by Gasteiger charge is 2.10. The van der Waals surface area contributed by atoms with Gasteiger partial charge in [0.05, 0.1) is 12.7 Å². The Kier molecular flexibility index (Phi) is 5.78. The van der Waals surface area contributed by atoms with E-state index in [4.69, 9.17) is 4.74 Å². The highest BCUT2D eigenvalue weighted by atomic mass is 16.5. The summed E-state index contributed by atoms with van der Waals surface area (Å²) in [4.78, 5) is 2.12. The first kappa shape index (κ1) is 15.5. The van der Waals surface area contributed by atoms with Crippen LogP contribution in [0.3, 0.4) is 0 Å². The summed E-state index contributed by atoms with van der Waals surface area (Å²) in [6.45, 7) is 4.07. The van der Waals surface area contributed by atoms with Crippen molar-refractivity contribution in [3.63, 3.8) is 0 Å². The first-order valence-corrected chi connectivity index (χ1v) is 7.32. The fourth-order valence-electron chi connectivity index (χ4n) is 2.31. The van der Waals surface area contributed by atoms with E-state index in [0.29, 0.717) is 13.2 Å². The molecule has 2 rings (SSSR count). The van der Waals surface area contributed by atoms with Crippen LogP contribution in [0.15, 0.2) is 54.6 Å². The van der Waals surface area contributed by atoms with Gasteiger partial charge in [0.1, 0.15) is 5.75 Å². The Hall–Kier alpha value is -1.84. The van der Waals surface area contributed by atoms with Crippen molar-refractivity contribution in [3.8, 4) is 5.75 Å². The number of aliphatic hydroxyl groups excluding tert-OH is 1. The second-order valence-electron chi connectivity index (χ2n) is 5.20. The van der Waals surface area contributed by atoms with Crippen LogP contribution in [-0.4, -0.2) is 30.2 Å². The monoisotopic (exact) mass is 285 g/mol. The van der Waals surface area contributed by atoms with Crippen LogP contribution in [0, 0.1) is 0 Å². The molecule has 0 aliphatic carbocycles. The van der Waals surface area contributed by atoms with E-state index < -0.39 is 6.10 Å². The van der Waals surface area contributed by atoms with Crippen LogP contribution in [0.2, 0.25) is 0 Å². The van der Waals surface area contributed by atoms with Crippen molar-refractivity contribution < 1.29 is 9.84 Å². The summed E-state index contributed by atoms with van der Waals surface area (Å²) < 4.78 is 5.43. The second kappa shape index (κ2) is 7.81. The van der Waals surface area contributed by atoms with Gasteiger partial charge in [-0.25, -0.2) is 0 Å². The maximum atomic E-state index is 10.2. The number of benzene rings is 2. The first-order chi connectivity index (χ1) is 10.2. The second-order valence-corrected chi connectivity index (χ2v) is 5.20. The molecule has 112 valence electrons. The van der Waals surface area contributed by atoms with Gasteiger partial charge in [-0.1, -0.05) is 42.5 Å². The van der Waals surface area contributed by atoms with E-state index in [9.17, 15) is 5.11 Å². The van der Waals surface area contributed by atoms with E-state index in [-0.39, 0.29) is 0 Å². The number of hydrogen-bond acceptors (Lipinski definition) is 3. The van der Waals surface area contributed by atoms with Gasteiger partial charge < -0.3 is 9.84 Å². The lowest BCUT2D eigenvalue weighted by atomic mass is 10.1. The molecule has 2 aromatic carbocycles. The molecule has 3 heteroatoms. The average molecular weight is 285 g/mol. The van der Waals surface area contributed by atoms with Crippen molar-refractivity contribution in [2.24, 2.45) is 0 Å². The van der Waals surface area contributed by atoms with Crippen molar-refractivity contribution in [1.82, 2.24) is 4.90 Å². The molecule has 2 aromatic rings. The van der Waals surface area contributed by atoms with Gasteiger partial charge in [0.2, 0.25) is 0 Å². The summed E-state index contributed by atoms with van der Waals surface area (Å²) >= 11 is 0. The largest absolute Gasteiger partial charge is 0.494 e. The quantitative estimate of drug-likeness (QED) is 0.847. The number of ether oxygens (including phenoxy) is 1. The third-order valence-corrected chi connectivity index (χ3v) is 3.36. The highest BCUT2D eigenvalue weighted by molar-refractivity contribution is 5.27. The smallest absolute Gasteiger partial charge is 0.119 e. The molecule has 0 heterocycles. The fraction of sp³-hybridized carbons (Fsp3) is 0.333. The van der Waals surface area contributed by atoms with Crippen molar-refractivity contribution in [2.75, 3.05) is 20.2 Å². The zero-order valence-corrected chi connectivity index (χ0v) is 12.7. The van der Waals surface area contributed by atoms with E-state index in [1.807, 2.05) is 56.4 Å². The standard InChI is InChI=1S/C18H23NO2/c1-3-21-17-11-9-15(10-12-17)13-19(2)14-18(20)16-7-5-4-6-8-16/h4-12,18,20H,3,13-14H2,1-2H3. The van der Waals surface area contributed by atoms with Gasteiger partial charge in [0, 0.05) is 13.1 Å². The minimum absolute atomic E-state index is 0.459. The average Bonchev–Trinajstić information content (AvgIpc) is 2.50. The summed E-state index contributed by atoms with van der Waals surface area (Å²) in [6, 6.07) is 17.9. The van der Waals surface area contributed by atoms with Gasteiger partial charge in [-0.3, -0.25) is 4.90 Å². The minimum Gasteiger partial charge on any atom is -0.494 e. The molecule has 0 radical (unpaired) electrons. The molecule has 1 unspecified atom stereocenters. The SMILES string of the molecule is CCOc1ccc(CN(C)CC(O)c2ccccc2)cc1. The highest BCUT2D eigenvalue weighted by Crippen LogP contribution is 2.16. The van der Waals surface area contributed by atoms with Crippen LogP contribution in [0.1, 0.15) is 24.2 Å². The van der Waals surface area contributed by atoms with E-state index in [1.165, 1.54) is 5.56 Å². The lowest BCUT2D eigenvalue weighted by Crippen LogP contribution is -2.24. The molecule has 0 saturated heterocycles. The van der Waals surface area contributed by atoms with Crippen molar-refractivity contribution in [1.29, 1.82) is 0 Å². The molecule has 0 saturated carbocycles. The molecule has 0 aliphatic rings. The Morgan fingerprint density at radius 2 is 1.71 bits per heavy atom. The third kappa shape index (κ3) is 4.88. The predicted molar refractivity (Wildman–Crippen MR) is 85.3 cm³/mol. The van der Waals surface area contributed by atoms with Gasteiger partial charge in [-0.05, 0) is 37.2 Å². The number of aliphatic hydroxyl groups is 1. The zero-order chi connectivity index (χ0) is 15.1. The topological polar surface area (TPSA) is 32.7 Å². The zero-order valence-electron chi connectivity index (χ0n) is 12.7. The minimum atomic E-state index is -0.459. The molecule has 0 spiro atoms. The molecule has 0 bridgehead atoms.